The minimum Gasteiger partial charge on any atom is -0.494 e. The minimum atomic E-state index is -0.426. The maximum atomic E-state index is 10.8. The number of hydrogen-bond donors (Lipinski definition) is 2. The standard InChI is InChI=1S/C11H16N2O2/c12-7-1-2-8-15-10-5-3-9(4-6-10)11(13)14/h3-6H,1-2,7-8,12H2,(H2,13,14). The third-order valence-electron chi connectivity index (χ3n) is 2.01. The lowest BCUT2D eigenvalue weighted by Gasteiger charge is -2.05. The summed E-state index contributed by atoms with van der Waals surface area (Å²) in [6.07, 6.45) is 1.90. The van der Waals surface area contributed by atoms with Gasteiger partial charge in [-0.15, -0.1) is 0 Å². The van der Waals surface area contributed by atoms with E-state index in [1.54, 1.807) is 24.3 Å². The van der Waals surface area contributed by atoms with E-state index in [2.05, 4.69) is 0 Å². The number of primary amides is 1. The summed E-state index contributed by atoms with van der Waals surface area (Å²) in [6.45, 7) is 1.33. The molecular formula is C11H16N2O2. The van der Waals surface area contributed by atoms with Crippen molar-refractivity contribution in [2.75, 3.05) is 13.2 Å². The molecule has 0 bridgehead atoms. The minimum absolute atomic E-state index is 0.426. The quantitative estimate of drug-likeness (QED) is 0.682. The summed E-state index contributed by atoms with van der Waals surface area (Å²) in [5.41, 5.74) is 11.0. The number of unbranched alkanes of at least 4 members (excludes halogenated alkanes) is 1. The number of amides is 1. The Kier molecular flexibility index (Phi) is 4.63. The van der Waals surface area contributed by atoms with Gasteiger partial charge in [-0.05, 0) is 43.7 Å². The zero-order valence-electron chi connectivity index (χ0n) is 8.61. The molecule has 0 heterocycles. The lowest BCUT2D eigenvalue weighted by atomic mass is 10.2. The number of ether oxygens (including phenoxy) is 1. The summed E-state index contributed by atoms with van der Waals surface area (Å²) in [6, 6.07) is 6.78. The molecule has 4 heteroatoms. The summed E-state index contributed by atoms with van der Waals surface area (Å²) < 4.78 is 5.44. The lowest BCUT2D eigenvalue weighted by molar-refractivity contribution is 0.100. The van der Waals surface area contributed by atoms with Gasteiger partial charge in [0.25, 0.3) is 0 Å². The van der Waals surface area contributed by atoms with Crippen molar-refractivity contribution in [2.24, 2.45) is 11.5 Å². The molecule has 15 heavy (non-hydrogen) atoms. The maximum absolute atomic E-state index is 10.8. The maximum Gasteiger partial charge on any atom is 0.248 e. The second-order valence-electron chi connectivity index (χ2n) is 3.23. The summed E-state index contributed by atoms with van der Waals surface area (Å²) in [4.78, 5) is 10.8. The Bertz CT molecular complexity index is 309. The van der Waals surface area contributed by atoms with E-state index >= 15 is 0 Å². The van der Waals surface area contributed by atoms with Gasteiger partial charge in [0.1, 0.15) is 5.75 Å². The first-order valence-electron chi connectivity index (χ1n) is 4.97. The van der Waals surface area contributed by atoms with E-state index < -0.39 is 5.91 Å². The van der Waals surface area contributed by atoms with Crippen LogP contribution in [-0.2, 0) is 0 Å². The Morgan fingerprint density at radius 2 is 1.87 bits per heavy atom. The third-order valence-corrected chi connectivity index (χ3v) is 2.01. The highest BCUT2D eigenvalue weighted by Gasteiger charge is 1.99. The summed E-state index contributed by atoms with van der Waals surface area (Å²) in [5, 5.41) is 0. The van der Waals surface area contributed by atoms with Crippen molar-refractivity contribution >= 4 is 5.91 Å². The van der Waals surface area contributed by atoms with Gasteiger partial charge in [-0.25, -0.2) is 0 Å². The molecule has 0 aliphatic heterocycles. The average molecular weight is 208 g/mol. The van der Waals surface area contributed by atoms with Crippen LogP contribution in [0.5, 0.6) is 5.75 Å². The highest BCUT2D eigenvalue weighted by atomic mass is 16.5. The number of hydrogen-bond acceptors (Lipinski definition) is 3. The van der Waals surface area contributed by atoms with Crippen LogP contribution < -0.4 is 16.2 Å². The van der Waals surface area contributed by atoms with Crippen LogP contribution in [0.2, 0.25) is 0 Å². The molecular weight excluding hydrogens is 192 g/mol. The molecule has 82 valence electrons. The molecule has 4 N–H and O–H groups in total. The number of rotatable bonds is 6. The second-order valence-corrected chi connectivity index (χ2v) is 3.23. The Hall–Kier alpha value is -1.55. The molecule has 1 rings (SSSR count). The molecule has 0 aliphatic carbocycles. The highest BCUT2D eigenvalue weighted by molar-refractivity contribution is 5.92. The van der Waals surface area contributed by atoms with Gasteiger partial charge in [-0.1, -0.05) is 0 Å². The summed E-state index contributed by atoms with van der Waals surface area (Å²) >= 11 is 0. The zero-order valence-corrected chi connectivity index (χ0v) is 8.61. The fraction of sp³-hybridized carbons (Fsp3) is 0.364. The fourth-order valence-corrected chi connectivity index (χ4v) is 1.15. The first kappa shape index (κ1) is 11.5. The first-order chi connectivity index (χ1) is 7.24. The average Bonchev–Trinajstić information content (AvgIpc) is 2.25. The predicted molar refractivity (Wildman–Crippen MR) is 58.7 cm³/mol. The van der Waals surface area contributed by atoms with E-state index in [9.17, 15) is 4.79 Å². The van der Waals surface area contributed by atoms with E-state index in [1.807, 2.05) is 0 Å². The van der Waals surface area contributed by atoms with Gasteiger partial charge in [0.2, 0.25) is 5.91 Å². The van der Waals surface area contributed by atoms with Crippen LogP contribution in [-0.4, -0.2) is 19.1 Å². The Labute approximate surface area is 89.2 Å². The van der Waals surface area contributed by atoms with Crippen molar-refractivity contribution < 1.29 is 9.53 Å². The lowest BCUT2D eigenvalue weighted by Crippen LogP contribution is -2.10. The van der Waals surface area contributed by atoms with E-state index in [4.69, 9.17) is 16.2 Å². The molecule has 1 aromatic rings. The highest BCUT2D eigenvalue weighted by Crippen LogP contribution is 2.12. The molecule has 0 saturated carbocycles. The SMILES string of the molecule is NCCCCOc1ccc(C(N)=O)cc1. The van der Waals surface area contributed by atoms with E-state index in [0.717, 1.165) is 18.6 Å². The number of carbonyl (C=O) groups is 1. The summed E-state index contributed by atoms with van der Waals surface area (Å²) in [5.74, 6) is 0.321. The fourth-order valence-electron chi connectivity index (χ4n) is 1.15. The largest absolute Gasteiger partial charge is 0.494 e. The van der Waals surface area contributed by atoms with Crippen molar-refractivity contribution in [1.82, 2.24) is 0 Å². The molecule has 0 fully saturated rings. The number of carbonyl (C=O) groups excluding carboxylic acids is 1. The van der Waals surface area contributed by atoms with Gasteiger partial charge in [-0.3, -0.25) is 4.79 Å². The Balaban J connectivity index is 2.39. The molecule has 1 amide bonds. The molecule has 0 saturated heterocycles. The van der Waals surface area contributed by atoms with Crippen molar-refractivity contribution in [3.8, 4) is 5.75 Å². The number of nitrogens with two attached hydrogens (primary N) is 2. The molecule has 0 aromatic heterocycles. The molecule has 4 nitrogen and oxygen atoms in total. The summed E-state index contributed by atoms with van der Waals surface area (Å²) in [7, 11) is 0. The molecule has 1 aromatic carbocycles. The third kappa shape index (κ3) is 3.99. The second kappa shape index (κ2) is 6.03. The van der Waals surface area contributed by atoms with E-state index in [1.165, 1.54) is 0 Å². The van der Waals surface area contributed by atoms with Gasteiger partial charge >= 0.3 is 0 Å². The van der Waals surface area contributed by atoms with Gasteiger partial charge in [0, 0.05) is 5.56 Å². The molecule has 0 atom stereocenters. The van der Waals surface area contributed by atoms with Crippen LogP contribution in [0.1, 0.15) is 23.2 Å². The van der Waals surface area contributed by atoms with Crippen molar-refractivity contribution in [1.29, 1.82) is 0 Å². The molecule has 0 unspecified atom stereocenters. The number of benzene rings is 1. The van der Waals surface area contributed by atoms with E-state index in [0.29, 0.717) is 18.7 Å². The van der Waals surface area contributed by atoms with Crippen molar-refractivity contribution in [2.45, 2.75) is 12.8 Å². The molecule has 0 radical (unpaired) electrons. The smallest absolute Gasteiger partial charge is 0.248 e. The first-order valence-corrected chi connectivity index (χ1v) is 4.97. The topological polar surface area (TPSA) is 78.3 Å². The Morgan fingerprint density at radius 1 is 1.20 bits per heavy atom. The molecule has 0 aliphatic rings. The van der Waals surface area contributed by atoms with Gasteiger partial charge in [-0.2, -0.15) is 0 Å². The van der Waals surface area contributed by atoms with Gasteiger partial charge in [0.15, 0.2) is 0 Å². The van der Waals surface area contributed by atoms with Crippen molar-refractivity contribution in [3.05, 3.63) is 29.8 Å². The van der Waals surface area contributed by atoms with Crippen LogP contribution in [0.4, 0.5) is 0 Å². The van der Waals surface area contributed by atoms with Gasteiger partial charge < -0.3 is 16.2 Å². The van der Waals surface area contributed by atoms with Gasteiger partial charge in [0.05, 0.1) is 6.61 Å². The normalized spacial score (nSPS) is 9.93. The van der Waals surface area contributed by atoms with Crippen LogP contribution in [0.3, 0.4) is 0 Å². The monoisotopic (exact) mass is 208 g/mol. The van der Waals surface area contributed by atoms with Crippen LogP contribution >= 0.6 is 0 Å². The molecule has 0 spiro atoms. The Morgan fingerprint density at radius 3 is 2.40 bits per heavy atom. The predicted octanol–water partition coefficient (Wildman–Crippen LogP) is 0.903. The van der Waals surface area contributed by atoms with Crippen molar-refractivity contribution in [3.63, 3.8) is 0 Å². The van der Waals surface area contributed by atoms with Crippen LogP contribution in [0.25, 0.3) is 0 Å². The zero-order chi connectivity index (χ0) is 11.1. The van der Waals surface area contributed by atoms with E-state index in [-0.39, 0.29) is 0 Å². The van der Waals surface area contributed by atoms with Crippen LogP contribution in [0.15, 0.2) is 24.3 Å². The van der Waals surface area contributed by atoms with Crippen LogP contribution in [0, 0.1) is 0 Å².